The van der Waals surface area contributed by atoms with Crippen molar-refractivity contribution >= 4 is 27.7 Å². The third-order valence-electron chi connectivity index (χ3n) is 4.50. The summed E-state index contributed by atoms with van der Waals surface area (Å²) in [6, 6.07) is 7.61. The molecule has 4 nitrogen and oxygen atoms in total. The molecule has 1 aromatic rings. The lowest BCUT2D eigenvalue weighted by Crippen LogP contribution is -2.61. The summed E-state index contributed by atoms with van der Waals surface area (Å²) >= 11 is 3.46. The smallest absolute Gasteiger partial charge is 0.246 e. The van der Waals surface area contributed by atoms with Gasteiger partial charge >= 0.3 is 0 Å². The molecule has 0 spiro atoms. The van der Waals surface area contributed by atoms with Gasteiger partial charge in [-0.25, -0.2) is 0 Å². The van der Waals surface area contributed by atoms with Gasteiger partial charge in [-0.1, -0.05) is 28.1 Å². The first-order chi connectivity index (χ1) is 10.1. The molecule has 2 heterocycles. The number of rotatable bonds is 2. The van der Waals surface area contributed by atoms with Crippen LogP contribution in [0.15, 0.2) is 28.7 Å². The molecule has 2 aliphatic rings. The molecule has 2 atom stereocenters. The lowest BCUT2D eigenvalue weighted by atomic mass is 9.96. The summed E-state index contributed by atoms with van der Waals surface area (Å²) < 4.78 is 0.988. The topological polar surface area (TPSA) is 40.6 Å². The number of carbonyl (C=O) groups excluding carboxylic acids is 2. The maximum absolute atomic E-state index is 12.7. The van der Waals surface area contributed by atoms with Crippen molar-refractivity contribution in [3.05, 3.63) is 34.3 Å². The zero-order chi connectivity index (χ0) is 15.0. The van der Waals surface area contributed by atoms with Crippen molar-refractivity contribution in [3.63, 3.8) is 0 Å². The Bertz CT molecular complexity index is 575. The van der Waals surface area contributed by atoms with Crippen molar-refractivity contribution in [3.8, 4) is 0 Å². The number of benzene rings is 1. The predicted molar refractivity (Wildman–Crippen MR) is 83.6 cm³/mol. The van der Waals surface area contributed by atoms with Gasteiger partial charge in [0.2, 0.25) is 11.8 Å². The molecule has 2 saturated heterocycles. The Morgan fingerprint density at radius 1 is 1.29 bits per heavy atom. The fourth-order valence-electron chi connectivity index (χ4n) is 3.27. The van der Waals surface area contributed by atoms with Crippen LogP contribution in [-0.4, -0.2) is 40.7 Å². The average Bonchev–Trinajstić information content (AvgIpc) is 2.50. The summed E-state index contributed by atoms with van der Waals surface area (Å²) in [5.74, 6) is 0.183. The van der Waals surface area contributed by atoms with Crippen molar-refractivity contribution in [2.45, 2.75) is 38.3 Å². The number of piperidine rings is 1. The summed E-state index contributed by atoms with van der Waals surface area (Å²) in [7, 11) is 0. The van der Waals surface area contributed by atoms with Gasteiger partial charge < -0.3 is 9.80 Å². The largest absolute Gasteiger partial charge is 0.329 e. The summed E-state index contributed by atoms with van der Waals surface area (Å²) in [6.45, 7) is 2.92. The molecule has 2 aliphatic heterocycles. The Kier molecular flexibility index (Phi) is 4.02. The van der Waals surface area contributed by atoms with E-state index in [2.05, 4.69) is 15.9 Å². The van der Waals surface area contributed by atoms with Crippen molar-refractivity contribution in [2.75, 3.05) is 13.1 Å². The van der Waals surface area contributed by atoms with Crippen LogP contribution in [0.25, 0.3) is 0 Å². The Balaban J connectivity index is 1.85. The second-order valence-corrected chi connectivity index (χ2v) is 6.71. The van der Waals surface area contributed by atoms with Crippen molar-refractivity contribution in [1.82, 2.24) is 9.80 Å². The second kappa shape index (κ2) is 5.79. The first-order valence-corrected chi connectivity index (χ1v) is 8.22. The van der Waals surface area contributed by atoms with E-state index in [1.165, 1.54) is 0 Å². The van der Waals surface area contributed by atoms with Gasteiger partial charge in [-0.05, 0) is 43.9 Å². The van der Waals surface area contributed by atoms with Crippen molar-refractivity contribution in [1.29, 1.82) is 0 Å². The quantitative estimate of drug-likeness (QED) is 0.822. The average molecular weight is 351 g/mol. The van der Waals surface area contributed by atoms with Crippen LogP contribution in [-0.2, 0) is 9.59 Å². The third-order valence-corrected chi connectivity index (χ3v) is 4.99. The van der Waals surface area contributed by atoms with E-state index >= 15 is 0 Å². The van der Waals surface area contributed by atoms with Gasteiger partial charge in [0.05, 0.1) is 6.04 Å². The van der Waals surface area contributed by atoms with Crippen molar-refractivity contribution in [2.24, 2.45) is 0 Å². The number of amides is 2. The highest BCUT2D eigenvalue weighted by Gasteiger charge is 2.42. The van der Waals surface area contributed by atoms with Gasteiger partial charge in [0.15, 0.2) is 0 Å². The highest BCUT2D eigenvalue weighted by atomic mass is 79.9. The molecule has 0 bridgehead atoms. The Morgan fingerprint density at radius 2 is 2.10 bits per heavy atom. The van der Waals surface area contributed by atoms with Gasteiger partial charge in [-0.3, -0.25) is 9.59 Å². The van der Waals surface area contributed by atoms with E-state index in [9.17, 15) is 9.59 Å². The number of nitrogens with zero attached hydrogens (tertiary/aromatic N) is 2. The van der Waals surface area contributed by atoms with Crippen molar-refractivity contribution < 1.29 is 9.59 Å². The first kappa shape index (κ1) is 14.6. The minimum absolute atomic E-state index is 0.0805. The van der Waals surface area contributed by atoms with Crippen LogP contribution in [0, 0.1) is 0 Å². The molecular formula is C16H19BrN2O2. The summed E-state index contributed by atoms with van der Waals surface area (Å²) in [6.07, 6.45) is 2.84. The third kappa shape index (κ3) is 2.71. The fourth-order valence-corrected chi connectivity index (χ4v) is 3.68. The van der Waals surface area contributed by atoms with Crippen LogP contribution in [0.4, 0.5) is 0 Å². The standard InChI is InChI=1S/C16H19BrN2O2/c1-11(12-5-4-6-13(17)9-12)19-10-15(20)18-8-3-2-7-14(18)16(19)21/h4-6,9,11,14H,2-3,7-8,10H2,1H3. The lowest BCUT2D eigenvalue weighted by molar-refractivity contribution is -0.159. The number of fused-ring (bicyclic) bond motifs is 1. The van der Waals surface area contributed by atoms with Gasteiger partial charge in [-0.2, -0.15) is 0 Å². The van der Waals surface area contributed by atoms with E-state index in [-0.39, 0.29) is 30.4 Å². The monoisotopic (exact) mass is 350 g/mol. The van der Waals surface area contributed by atoms with E-state index in [1.54, 1.807) is 9.80 Å². The Hall–Kier alpha value is -1.36. The molecule has 5 heteroatoms. The van der Waals surface area contributed by atoms with E-state index in [4.69, 9.17) is 0 Å². The minimum Gasteiger partial charge on any atom is -0.329 e. The number of hydrogen-bond donors (Lipinski definition) is 0. The normalized spacial score (nSPS) is 24.0. The molecule has 1 aromatic carbocycles. The summed E-state index contributed by atoms with van der Waals surface area (Å²) in [5, 5.41) is 0. The molecule has 3 rings (SSSR count). The maximum Gasteiger partial charge on any atom is 0.246 e. The highest BCUT2D eigenvalue weighted by Crippen LogP contribution is 2.30. The molecule has 2 fully saturated rings. The zero-order valence-corrected chi connectivity index (χ0v) is 13.7. The zero-order valence-electron chi connectivity index (χ0n) is 12.1. The molecule has 0 N–H and O–H groups in total. The molecule has 0 radical (unpaired) electrons. The summed E-state index contributed by atoms with van der Waals surface area (Å²) in [4.78, 5) is 28.5. The Morgan fingerprint density at radius 3 is 2.86 bits per heavy atom. The van der Waals surface area contributed by atoms with E-state index < -0.39 is 0 Å². The molecule has 0 saturated carbocycles. The van der Waals surface area contributed by atoms with Gasteiger partial charge in [0.1, 0.15) is 12.6 Å². The van der Waals surface area contributed by atoms with Crippen LogP contribution in [0.2, 0.25) is 0 Å². The lowest BCUT2D eigenvalue weighted by Gasteiger charge is -2.44. The molecule has 112 valence electrons. The first-order valence-electron chi connectivity index (χ1n) is 7.43. The van der Waals surface area contributed by atoms with Crippen LogP contribution >= 0.6 is 15.9 Å². The molecular weight excluding hydrogens is 332 g/mol. The van der Waals surface area contributed by atoms with E-state index in [1.807, 2.05) is 31.2 Å². The van der Waals surface area contributed by atoms with Gasteiger partial charge in [0, 0.05) is 11.0 Å². The molecule has 0 aromatic heterocycles. The van der Waals surface area contributed by atoms with Crippen LogP contribution in [0.3, 0.4) is 0 Å². The number of carbonyl (C=O) groups is 2. The Labute approximate surface area is 133 Å². The molecule has 2 unspecified atom stereocenters. The number of piperazine rings is 1. The summed E-state index contributed by atoms with van der Waals surface area (Å²) in [5.41, 5.74) is 1.05. The van der Waals surface area contributed by atoms with Crippen LogP contribution in [0.5, 0.6) is 0 Å². The molecule has 0 aliphatic carbocycles. The van der Waals surface area contributed by atoms with Crippen LogP contribution < -0.4 is 0 Å². The van der Waals surface area contributed by atoms with E-state index in [0.717, 1.165) is 35.8 Å². The fraction of sp³-hybridized carbons (Fsp3) is 0.500. The number of halogens is 1. The van der Waals surface area contributed by atoms with Gasteiger partial charge in [0.25, 0.3) is 0 Å². The SMILES string of the molecule is CC(c1cccc(Br)c1)N1CC(=O)N2CCCCC2C1=O. The second-order valence-electron chi connectivity index (χ2n) is 5.80. The highest BCUT2D eigenvalue weighted by molar-refractivity contribution is 9.10. The predicted octanol–water partition coefficient (Wildman–Crippen LogP) is 2.73. The van der Waals surface area contributed by atoms with Crippen LogP contribution in [0.1, 0.15) is 37.8 Å². The maximum atomic E-state index is 12.7. The van der Waals surface area contributed by atoms with E-state index in [0.29, 0.717) is 0 Å². The number of hydrogen-bond acceptors (Lipinski definition) is 2. The molecule has 2 amide bonds. The molecule has 21 heavy (non-hydrogen) atoms. The van der Waals surface area contributed by atoms with Gasteiger partial charge in [-0.15, -0.1) is 0 Å². The minimum atomic E-state index is -0.241.